The second kappa shape index (κ2) is 15.9. The fourth-order valence-electron chi connectivity index (χ4n) is 9.00. The first-order chi connectivity index (χ1) is 23.3. The van der Waals surface area contributed by atoms with E-state index in [4.69, 9.17) is 9.47 Å². The maximum Gasteiger partial charge on any atom is 0.309 e. The molecule has 0 aromatic rings. The number of Topliss-reactive ketones (excluding diaryl/α,β-unsaturated/α-hetero) is 2. The molecule has 1 fully saturated rings. The van der Waals surface area contributed by atoms with Crippen molar-refractivity contribution in [2.45, 2.75) is 143 Å². The summed E-state index contributed by atoms with van der Waals surface area (Å²) in [4.78, 5) is 54.9. The number of allylic oxidation sites excluding steroid dienone is 5. The summed E-state index contributed by atoms with van der Waals surface area (Å²) in [6, 6.07) is 0. The van der Waals surface area contributed by atoms with Gasteiger partial charge < -0.3 is 24.8 Å². The van der Waals surface area contributed by atoms with Crippen molar-refractivity contribution >= 4 is 23.3 Å². The van der Waals surface area contributed by atoms with Gasteiger partial charge in [-0.3, -0.25) is 19.2 Å². The van der Waals surface area contributed by atoms with Crippen molar-refractivity contribution in [3.8, 4) is 0 Å². The normalized spacial score (nSPS) is 38.6. The molecule has 3 N–H and O–H groups in total. The summed E-state index contributed by atoms with van der Waals surface area (Å²) in [7, 11) is 1.24. The Morgan fingerprint density at radius 3 is 2.24 bits per heavy atom. The summed E-state index contributed by atoms with van der Waals surface area (Å²) in [5.74, 6) is -3.93. The third kappa shape index (κ3) is 8.16. The van der Waals surface area contributed by atoms with Crippen LogP contribution in [-0.4, -0.2) is 75.8 Å². The van der Waals surface area contributed by atoms with Crippen molar-refractivity contribution in [2.24, 2.45) is 35.0 Å². The Morgan fingerprint density at radius 2 is 1.60 bits per heavy atom. The van der Waals surface area contributed by atoms with Gasteiger partial charge in [0.05, 0.1) is 30.8 Å². The van der Waals surface area contributed by atoms with Gasteiger partial charge in [-0.2, -0.15) is 0 Å². The number of aliphatic hydroxyl groups excluding tert-OH is 3. The topological polar surface area (TPSA) is 147 Å². The van der Waals surface area contributed by atoms with Gasteiger partial charge >= 0.3 is 5.97 Å². The van der Waals surface area contributed by atoms with Gasteiger partial charge in [-0.1, -0.05) is 50.1 Å². The van der Waals surface area contributed by atoms with E-state index in [1.54, 1.807) is 6.08 Å². The Balaban J connectivity index is 1.88. The van der Waals surface area contributed by atoms with Gasteiger partial charge in [0, 0.05) is 36.5 Å². The molecule has 9 heteroatoms. The number of hydrogen-bond donors (Lipinski definition) is 3. The third-order valence-corrected chi connectivity index (χ3v) is 12.5. The molecule has 50 heavy (non-hydrogen) atoms. The fourth-order valence-corrected chi connectivity index (χ4v) is 9.00. The molecule has 0 amide bonds. The summed E-state index contributed by atoms with van der Waals surface area (Å²) < 4.78 is 11.3. The van der Waals surface area contributed by atoms with Gasteiger partial charge in [-0.25, -0.2) is 0 Å². The van der Waals surface area contributed by atoms with Crippen LogP contribution < -0.4 is 0 Å². The molecule has 0 spiro atoms. The van der Waals surface area contributed by atoms with E-state index >= 15 is 4.79 Å². The SMILES string of the molecule is C=C1C2CCC(C)(O2)C(O)CCC(C)=CC2C(=C(C)CC3CCC(C)=CC(=O)CC(C(=O)OC)CC(=O)C(C(C)C)CC(=O)C32C)C(O)C1O. The maximum absolute atomic E-state index is 15.1. The Morgan fingerprint density at radius 1 is 0.940 bits per heavy atom. The highest BCUT2D eigenvalue weighted by Gasteiger charge is 2.54. The van der Waals surface area contributed by atoms with Gasteiger partial charge in [0.1, 0.15) is 23.8 Å². The van der Waals surface area contributed by atoms with Crippen molar-refractivity contribution in [3.05, 3.63) is 46.6 Å². The zero-order valence-corrected chi connectivity index (χ0v) is 31.4. The number of esters is 1. The highest BCUT2D eigenvalue weighted by Crippen LogP contribution is 2.54. The van der Waals surface area contributed by atoms with E-state index < -0.39 is 59.2 Å². The van der Waals surface area contributed by atoms with Gasteiger partial charge in [0.15, 0.2) is 5.78 Å². The third-order valence-electron chi connectivity index (χ3n) is 12.5. The monoisotopic (exact) mass is 696 g/mol. The van der Waals surface area contributed by atoms with Crippen molar-refractivity contribution < 1.29 is 44.0 Å². The molecule has 2 aliphatic heterocycles. The molecule has 10 atom stereocenters. The number of fused-ring (bicyclic) bond motifs is 5. The average molecular weight is 697 g/mol. The predicted molar refractivity (Wildman–Crippen MR) is 191 cm³/mol. The first-order valence-electron chi connectivity index (χ1n) is 18.4. The first kappa shape index (κ1) is 40.1. The van der Waals surface area contributed by atoms with Crippen LogP contribution >= 0.6 is 0 Å². The zero-order chi connectivity index (χ0) is 37.3. The van der Waals surface area contributed by atoms with Gasteiger partial charge in [-0.05, 0) is 102 Å². The summed E-state index contributed by atoms with van der Waals surface area (Å²) in [5, 5.41) is 35.0. The highest BCUT2D eigenvalue weighted by atomic mass is 16.5. The minimum atomic E-state index is -1.37. The zero-order valence-electron chi connectivity index (χ0n) is 31.4. The van der Waals surface area contributed by atoms with E-state index in [9.17, 15) is 29.7 Å². The van der Waals surface area contributed by atoms with Crippen LogP contribution in [0.3, 0.4) is 0 Å². The van der Waals surface area contributed by atoms with E-state index in [1.807, 2.05) is 54.5 Å². The van der Waals surface area contributed by atoms with Crippen molar-refractivity contribution in [3.63, 3.8) is 0 Å². The lowest BCUT2D eigenvalue weighted by atomic mass is 9.54. The smallest absolute Gasteiger partial charge is 0.309 e. The van der Waals surface area contributed by atoms with Crippen LogP contribution in [0.15, 0.2) is 46.6 Å². The van der Waals surface area contributed by atoms with Gasteiger partial charge in [-0.15, -0.1) is 0 Å². The number of carbonyl (C=O) groups excluding carboxylic acids is 4. The van der Waals surface area contributed by atoms with Crippen LogP contribution in [0, 0.1) is 35.0 Å². The maximum atomic E-state index is 15.1. The largest absolute Gasteiger partial charge is 0.469 e. The molecule has 4 rings (SSSR count). The Labute approximate surface area is 298 Å². The lowest BCUT2D eigenvalue weighted by Crippen LogP contribution is -2.50. The fraction of sp³-hybridized carbons (Fsp3) is 0.707. The number of carbonyl (C=O) groups is 4. The molecule has 0 saturated carbocycles. The summed E-state index contributed by atoms with van der Waals surface area (Å²) in [5.41, 5.74) is 1.64. The van der Waals surface area contributed by atoms with Crippen molar-refractivity contribution in [2.75, 3.05) is 7.11 Å². The van der Waals surface area contributed by atoms with Crippen molar-refractivity contribution in [1.29, 1.82) is 0 Å². The molecule has 0 aromatic heterocycles. The highest BCUT2D eigenvalue weighted by molar-refractivity contribution is 5.96. The predicted octanol–water partition coefficient (Wildman–Crippen LogP) is 5.94. The number of rotatable bonds is 2. The summed E-state index contributed by atoms with van der Waals surface area (Å²) >= 11 is 0. The standard InChI is InChI=1S/C41H60O9/c1-22(2)30-21-35(45)41(8)28(12-10-23(3)16-29(42)19-27(20-32(30)43)39(48)49-9)18-25(5)36-31(41)17-24(4)11-13-34(44)40(7)15-14-33(50-40)26(6)37(46)38(36)47/h16-17,22,27-28,30-31,33-34,37-38,44,46-47H,6,10-15,18-21H2,1-5,7-9H3. The molecule has 0 radical (unpaired) electrons. The minimum Gasteiger partial charge on any atom is -0.469 e. The molecule has 2 aliphatic carbocycles. The molecule has 10 unspecified atom stereocenters. The second-order valence-electron chi connectivity index (χ2n) is 16.5. The van der Waals surface area contributed by atoms with E-state index in [0.717, 1.165) is 16.7 Å². The number of ether oxygens (including phenoxy) is 2. The number of ketones is 3. The molecule has 4 aliphatic rings. The van der Waals surface area contributed by atoms with Crippen LogP contribution in [-0.2, 0) is 28.7 Å². The lowest BCUT2D eigenvalue weighted by Gasteiger charge is -2.49. The summed E-state index contributed by atoms with van der Waals surface area (Å²) in [6.07, 6.45) is 2.85. The molecular formula is C41H60O9. The molecule has 2 bridgehead atoms. The van der Waals surface area contributed by atoms with Crippen LogP contribution in [0.1, 0.15) is 113 Å². The van der Waals surface area contributed by atoms with E-state index in [-0.39, 0.29) is 48.4 Å². The average Bonchev–Trinajstić information content (AvgIpc) is 3.47. The molecule has 1 saturated heterocycles. The first-order valence-corrected chi connectivity index (χ1v) is 18.4. The van der Waals surface area contributed by atoms with Crippen LogP contribution in [0.4, 0.5) is 0 Å². The van der Waals surface area contributed by atoms with Gasteiger partial charge in [0.2, 0.25) is 0 Å². The summed E-state index contributed by atoms with van der Waals surface area (Å²) in [6.45, 7) is 17.5. The number of methoxy groups -OCH3 is 1. The molecular weight excluding hydrogens is 636 g/mol. The number of hydrogen-bond acceptors (Lipinski definition) is 9. The molecule has 0 aromatic carbocycles. The lowest BCUT2D eigenvalue weighted by molar-refractivity contribution is -0.149. The Bertz CT molecular complexity index is 1450. The number of aliphatic hydroxyl groups is 3. The minimum absolute atomic E-state index is 0.0613. The molecule has 2 heterocycles. The van der Waals surface area contributed by atoms with E-state index in [2.05, 4.69) is 6.58 Å². The molecule has 9 nitrogen and oxygen atoms in total. The van der Waals surface area contributed by atoms with E-state index in [1.165, 1.54) is 7.11 Å². The van der Waals surface area contributed by atoms with Crippen molar-refractivity contribution in [1.82, 2.24) is 0 Å². The van der Waals surface area contributed by atoms with E-state index in [0.29, 0.717) is 56.1 Å². The quantitative estimate of drug-likeness (QED) is 0.236. The Kier molecular flexibility index (Phi) is 12.7. The van der Waals surface area contributed by atoms with Gasteiger partial charge in [0.25, 0.3) is 0 Å². The van der Waals surface area contributed by atoms with Crippen LogP contribution in [0.25, 0.3) is 0 Å². The second-order valence-corrected chi connectivity index (χ2v) is 16.5. The molecule has 278 valence electrons. The Hall–Kier alpha value is -2.72. The van der Waals surface area contributed by atoms with Crippen LogP contribution in [0.2, 0.25) is 0 Å². The van der Waals surface area contributed by atoms with Crippen LogP contribution in [0.5, 0.6) is 0 Å².